The molecule has 0 unspecified atom stereocenters. The molecule has 3 heteroatoms. The molecule has 0 saturated heterocycles. The first-order chi connectivity index (χ1) is 10.7. The lowest BCUT2D eigenvalue weighted by Gasteiger charge is -2.34. The quantitative estimate of drug-likeness (QED) is 0.796. The van der Waals surface area contributed by atoms with Gasteiger partial charge in [0.1, 0.15) is 0 Å². The van der Waals surface area contributed by atoms with E-state index < -0.39 is 0 Å². The molecule has 1 heterocycles. The van der Waals surface area contributed by atoms with Crippen LogP contribution in [-0.4, -0.2) is 17.4 Å². The molecule has 22 heavy (non-hydrogen) atoms. The van der Waals surface area contributed by atoms with Crippen LogP contribution in [-0.2, 0) is 11.3 Å². The van der Waals surface area contributed by atoms with Gasteiger partial charge in [0.2, 0.25) is 5.91 Å². The molecule has 3 nitrogen and oxygen atoms in total. The smallest absolute Gasteiger partial charge is 0.246 e. The van der Waals surface area contributed by atoms with Gasteiger partial charge >= 0.3 is 0 Å². The summed E-state index contributed by atoms with van der Waals surface area (Å²) in [6, 6.07) is 18.0. The van der Waals surface area contributed by atoms with Crippen molar-refractivity contribution >= 4 is 5.91 Å². The number of carbonyl (C=O) groups excluding carboxylic acids is 1. The standard InChI is InChI=1S/C19H16N2O/c1-2-19(22)21-12-16-9-8-14(11-20)10-17(16)18(13-21)15-6-4-3-5-7-15/h2-10,18H,1,12-13H2/t18-/m1/s1. The molecule has 0 aliphatic carbocycles. The normalized spacial score (nSPS) is 16.5. The number of rotatable bonds is 2. The fraction of sp³-hybridized carbons (Fsp3) is 0.158. The molecule has 0 spiro atoms. The molecule has 1 aliphatic heterocycles. The Kier molecular flexibility index (Phi) is 3.76. The number of carbonyl (C=O) groups is 1. The first kappa shape index (κ1) is 14.1. The fourth-order valence-corrected chi connectivity index (χ4v) is 2.99. The van der Waals surface area contributed by atoms with E-state index in [9.17, 15) is 4.79 Å². The highest BCUT2D eigenvalue weighted by Crippen LogP contribution is 2.34. The third kappa shape index (κ3) is 2.51. The minimum absolute atomic E-state index is 0.0593. The Labute approximate surface area is 130 Å². The highest BCUT2D eigenvalue weighted by Gasteiger charge is 2.28. The first-order valence-corrected chi connectivity index (χ1v) is 7.22. The number of nitrogens with zero attached hydrogens (tertiary/aromatic N) is 2. The van der Waals surface area contributed by atoms with Gasteiger partial charge in [0, 0.05) is 19.0 Å². The first-order valence-electron chi connectivity index (χ1n) is 7.22. The van der Waals surface area contributed by atoms with E-state index in [1.54, 1.807) is 4.90 Å². The van der Waals surface area contributed by atoms with Gasteiger partial charge in [-0.25, -0.2) is 0 Å². The average molecular weight is 288 g/mol. The van der Waals surface area contributed by atoms with Gasteiger partial charge in [-0.05, 0) is 34.9 Å². The van der Waals surface area contributed by atoms with Crippen LogP contribution in [0.2, 0.25) is 0 Å². The highest BCUT2D eigenvalue weighted by atomic mass is 16.2. The van der Waals surface area contributed by atoms with Crippen molar-refractivity contribution in [3.63, 3.8) is 0 Å². The van der Waals surface area contributed by atoms with Crippen molar-refractivity contribution in [2.75, 3.05) is 6.54 Å². The van der Waals surface area contributed by atoms with Crippen molar-refractivity contribution in [2.45, 2.75) is 12.5 Å². The molecule has 0 bridgehead atoms. The van der Waals surface area contributed by atoms with Gasteiger partial charge < -0.3 is 4.90 Å². The molecule has 0 aromatic heterocycles. The summed E-state index contributed by atoms with van der Waals surface area (Å²) >= 11 is 0. The van der Waals surface area contributed by atoms with E-state index in [-0.39, 0.29) is 11.8 Å². The van der Waals surface area contributed by atoms with Crippen LogP contribution in [0, 0.1) is 11.3 Å². The molecule has 1 amide bonds. The number of fused-ring (bicyclic) bond motifs is 1. The van der Waals surface area contributed by atoms with E-state index in [2.05, 4.69) is 24.8 Å². The van der Waals surface area contributed by atoms with Gasteiger partial charge in [-0.1, -0.05) is 43.0 Å². The topological polar surface area (TPSA) is 44.1 Å². The SMILES string of the molecule is C=CC(=O)N1Cc2ccc(C#N)cc2[C@@H](c2ccccc2)C1. The average Bonchev–Trinajstić information content (AvgIpc) is 2.60. The van der Waals surface area contributed by atoms with Crippen LogP contribution in [0.5, 0.6) is 0 Å². The number of benzene rings is 2. The van der Waals surface area contributed by atoms with Crippen molar-refractivity contribution in [2.24, 2.45) is 0 Å². The molecule has 1 atom stereocenters. The summed E-state index contributed by atoms with van der Waals surface area (Å²) in [6.07, 6.45) is 1.36. The lowest BCUT2D eigenvalue weighted by atomic mass is 9.84. The summed E-state index contributed by atoms with van der Waals surface area (Å²) in [6.45, 7) is 4.76. The molecular formula is C19H16N2O. The molecule has 0 saturated carbocycles. The molecule has 0 fully saturated rings. The van der Waals surface area contributed by atoms with E-state index in [4.69, 9.17) is 5.26 Å². The molecule has 0 radical (unpaired) electrons. The second-order valence-corrected chi connectivity index (χ2v) is 5.41. The number of hydrogen-bond acceptors (Lipinski definition) is 2. The largest absolute Gasteiger partial charge is 0.334 e. The zero-order chi connectivity index (χ0) is 15.5. The Morgan fingerprint density at radius 2 is 2.05 bits per heavy atom. The van der Waals surface area contributed by atoms with Crippen LogP contribution >= 0.6 is 0 Å². The van der Waals surface area contributed by atoms with Gasteiger partial charge in [0.25, 0.3) is 0 Å². The van der Waals surface area contributed by atoms with Gasteiger partial charge in [-0.15, -0.1) is 0 Å². The van der Waals surface area contributed by atoms with Crippen molar-refractivity contribution in [1.82, 2.24) is 4.90 Å². The monoisotopic (exact) mass is 288 g/mol. The van der Waals surface area contributed by atoms with E-state index in [1.165, 1.54) is 6.08 Å². The summed E-state index contributed by atoms with van der Waals surface area (Å²) in [5.41, 5.74) is 4.04. The van der Waals surface area contributed by atoms with Crippen molar-refractivity contribution < 1.29 is 4.79 Å². The maximum Gasteiger partial charge on any atom is 0.246 e. The number of nitriles is 1. The van der Waals surface area contributed by atoms with Crippen molar-refractivity contribution in [3.8, 4) is 6.07 Å². The minimum Gasteiger partial charge on any atom is -0.334 e. The van der Waals surface area contributed by atoms with Gasteiger partial charge in [0.05, 0.1) is 11.6 Å². The van der Waals surface area contributed by atoms with E-state index in [0.717, 1.165) is 16.7 Å². The van der Waals surface area contributed by atoms with Crippen LogP contribution in [0.15, 0.2) is 61.2 Å². The van der Waals surface area contributed by atoms with Crippen LogP contribution < -0.4 is 0 Å². The van der Waals surface area contributed by atoms with Gasteiger partial charge in [-0.3, -0.25) is 4.79 Å². The molecule has 1 aliphatic rings. The van der Waals surface area contributed by atoms with Crippen LogP contribution in [0.25, 0.3) is 0 Å². The highest BCUT2D eigenvalue weighted by molar-refractivity contribution is 5.87. The second-order valence-electron chi connectivity index (χ2n) is 5.41. The van der Waals surface area contributed by atoms with Crippen LogP contribution in [0.1, 0.15) is 28.2 Å². The third-order valence-electron chi connectivity index (χ3n) is 4.10. The molecule has 2 aromatic rings. The Hall–Kier alpha value is -2.86. The van der Waals surface area contributed by atoms with Gasteiger partial charge in [-0.2, -0.15) is 5.26 Å². The summed E-state index contributed by atoms with van der Waals surface area (Å²) in [7, 11) is 0. The fourth-order valence-electron chi connectivity index (χ4n) is 2.99. The summed E-state index contributed by atoms with van der Waals surface area (Å²) in [5.74, 6) is 0.0260. The van der Waals surface area contributed by atoms with Crippen molar-refractivity contribution in [1.29, 1.82) is 5.26 Å². The molecule has 2 aromatic carbocycles. The molecular weight excluding hydrogens is 272 g/mol. The lowest BCUT2D eigenvalue weighted by molar-refractivity contribution is -0.127. The van der Waals surface area contributed by atoms with Crippen molar-refractivity contribution in [3.05, 3.63) is 83.4 Å². The maximum atomic E-state index is 12.0. The molecule has 3 rings (SSSR count). The second kappa shape index (κ2) is 5.87. The number of hydrogen-bond donors (Lipinski definition) is 0. The Morgan fingerprint density at radius 3 is 2.73 bits per heavy atom. The van der Waals surface area contributed by atoms with E-state index in [0.29, 0.717) is 18.7 Å². The Balaban J connectivity index is 2.09. The number of amides is 1. The Morgan fingerprint density at radius 1 is 1.27 bits per heavy atom. The molecule has 108 valence electrons. The predicted molar refractivity (Wildman–Crippen MR) is 85.1 cm³/mol. The minimum atomic E-state index is -0.0593. The zero-order valence-corrected chi connectivity index (χ0v) is 12.2. The lowest BCUT2D eigenvalue weighted by Crippen LogP contribution is -2.37. The maximum absolute atomic E-state index is 12.0. The zero-order valence-electron chi connectivity index (χ0n) is 12.2. The predicted octanol–water partition coefficient (Wildman–Crippen LogP) is 3.22. The van der Waals surface area contributed by atoms with Gasteiger partial charge in [0.15, 0.2) is 0 Å². The third-order valence-corrected chi connectivity index (χ3v) is 4.10. The van der Waals surface area contributed by atoms with Crippen LogP contribution in [0.4, 0.5) is 0 Å². The van der Waals surface area contributed by atoms with E-state index >= 15 is 0 Å². The van der Waals surface area contributed by atoms with Crippen LogP contribution in [0.3, 0.4) is 0 Å². The van der Waals surface area contributed by atoms with E-state index in [1.807, 2.05) is 36.4 Å². The summed E-state index contributed by atoms with van der Waals surface area (Å²) < 4.78 is 0. The summed E-state index contributed by atoms with van der Waals surface area (Å²) in [4.78, 5) is 13.8. The summed E-state index contributed by atoms with van der Waals surface area (Å²) in [5, 5.41) is 9.15. The Bertz CT molecular complexity index is 759. The molecule has 0 N–H and O–H groups in total.